The fraction of sp³-hybridized carbons (Fsp3) is 0.538. The van der Waals surface area contributed by atoms with Gasteiger partial charge in [0.15, 0.2) is 0 Å². The Hall–Kier alpha value is -0.980. The third kappa shape index (κ3) is 3.99. The summed E-state index contributed by atoms with van der Waals surface area (Å²) in [6.07, 6.45) is 2.38. The second-order valence-electron chi connectivity index (χ2n) is 4.88. The third-order valence-electron chi connectivity index (χ3n) is 3.41. The van der Waals surface area contributed by atoms with Gasteiger partial charge in [0, 0.05) is 12.6 Å². The molecule has 0 saturated heterocycles. The summed E-state index contributed by atoms with van der Waals surface area (Å²) in [6, 6.07) is 6.48. The SMILES string of the molecule is CCNS(=O)(=O)NC1CCC(c2cccc(F)c2)C1. The summed E-state index contributed by atoms with van der Waals surface area (Å²) < 4.78 is 41.4. The second kappa shape index (κ2) is 5.98. The Morgan fingerprint density at radius 2 is 2.16 bits per heavy atom. The van der Waals surface area contributed by atoms with E-state index in [4.69, 9.17) is 0 Å². The van der Waals surface area contributed by atoms with Crippen LogP contribution in [0.25, 0.3) is 0 Å². The first-order valence-corrected chi connectivity index (χ1v) is 8.01. The van der Waals surface area contributed by atoms with Gasteiger partial charge in [0.2, 0.25) is 0 Å². The van der Waals surface area contributed by atoms with Gasteiger partial charge in [-0.3, -0.25) is 0 Å². The molecule has 4 nitrogen and oxygen atoms in total. The maximum Gasteiger partial charge on any atom is 0.277 e. The molecule has 1 aromatic carbocycles. The van der Waals surface area contributed by atoms with Gasteiger partial charge in [-0.05, 0) is 42.9 Å². The van der Waals surface area contributed by atoms with Crippen molar-refractivity contribution in [1.82, 2.24) is 9.44 Å². The van der Waals surface area contributed by atoms with Crippen LogP contribution in [-0.4, -0.2) is 21.0 Å². The van der Waals surface area contributed by atoms with E-state index in [1.807, 2.05) is 6.07 Å². The van der Waals surface area contributed by atoms with Gasteiger partial charge in [-0.1, -0.05) is 19.1 Å². The third-order valence-corrected chi connectivity index (χ3v) is 4.72. The van der Waals surface area contributed by atoms with Gasteiger partial charge in [0.25, 0.3) is 10.2 Å². The van der Waals surface area contributed by atoms with Crippen molar-refractivity contribution in [3.05, 3.63) is 35.6 Å². The van der Waals surface area contributed by atoms with Crippen molar-refractivity contribution >= 4 is 10.2 Å². The molecule has 2 rings (SSSR count). The van der Waals surface area contributed by atoms with Gasteiger partial charge in [0.05, 0.1) is 0 Å². The molecule has 0 aliphatic heterocycles. The van der Waals surface area contributed by atoms with Crippen molar-refractivity contribution in [2.24, 2.45) is 0 Å². The first-order chi connectivity index (χ1) is 9.00. The molecule has 1 aliphatic carbocycles. The van der Waals surface area contributed by atoms with Crippen molar-refractivity contribution < 1.29 is 12.8 Å². The summed E-state index contributed by atoms with van der Waals surface area (Å²) in [5.74, 6) is -0.0146. The zero-order chi connectivity index (χ0) is 13.9. The van der Waals surface area contributed by atoms with Crippen LogP contribution in [0.5, 0.6) is 0 Å². The summed E-state index contributed by atoms with van der Waals surface area (Å²) >= 11 is 0. The van der Waals surface area contributed by atoms with E-state index in [-0.39, 0.29) is 17.8 Å². The highest BCUT2D eigenvalue weighted by Crippen LogP contribution is 2.34. The Morgan fingerprint density at radius 1 is 1.37 bits per heavy atom. The molecular formula is C13H19FN2O2S. The van der Waals surface area contributed by atoms with E-state index in [2.05, 4.69) is 9.44 Å². The Balaban J connectivity index is 1.97. The quantitative estimate of drug-likeness (QED) is 0.868. The Bertz CT molecular complexity index is 533. The number of benzene rings is 1. The lowest BCUT2D eigenvalue weighted by molar-refractivity contribution is 0.538. The monoisotopic (exact) mass is 286 g/mol. The molecule has 0 heterocycles. The summed E-state index contributed by atoms with van der Waals surface area (Å²) in [5, 5.41) is 0. The molecule has 0 bridgehead atoms. The van der Waals surface area contributed by atoms with E-state index in [0.29, 0.717) is 13.0 Å². The Kier molecular flexibility index (Phi) is 4.54. The van der Waals surface area contributed by atoms with Gasteiger partial charge < -0.3 is 0 Å². The van der Waals surface area contributed by atoms with E-state index < -0.39 is 10.2 Å². The number of hydrogen-bond donors (Lipinski definition) is 2. The summed E-state index contributed by atoms with van der Waals surface area (Å²) in [5.41, 5.74) is 0.949. The molecule has 1 aliphatic rings. The van der Waals surface area contributed by atoms with Crippen molar-refractivity contribution in [3.63, 3.8) is 0 Å². The molecule has 1 fully saturated rings. The maximum absolute atomic E-state index is 13.2. The first-order valence-electron chi connectivity index (χ1n) is 6.52. The fourth-order valence-corrected chi connectivity index (χ4v) is 3.72. The molecular weight excluding hydrogens is 267 g/mol. The Morgan fingerprint density at radius 3 is 2.84 bits per heavy atom. The van der Waals surface area contributed by atoms with E-state index in [1.54, 1.807) is 13.0 Å². The van der Waals surface area contributed by atoms with Crippen LogP contribution >= 0.6 is 0 Å². The summed E-state index contributed by atoms with van der Waals surface area (Å²) in [7, 11) is -3.40. The average molecular weight is 286 g/mol. The fourth-order valence-electron chi connectivity index (χ4n) is 2.60. The second-order valence-corrected chi connectivity index (χ2v) is 6.41. The van der Waals surface area contributed by atoms with Crippen LogP contribution in [0.3, 0.4) is 0 Å². The van der Waals surface area contributed by atoms with Crippen LogP contribution in [-0.2, 0) is 10.2 Å². The molecule has 0 radical (unpaired) electrons. The maximum atomic E-state index is 13.2. The predicted octanol–water partition coefficient (Wildman–Crippen LogP) is 1.91. The van der Waals surface area contributed by atoms with Gasteiger partial charge in [-0.15, -0.1) is 0 Å². The van der Waals surface area contributed by atoms with Crippen molar-refractivity contribution in [2.75, 3.05) is 6.54 Å². The summed E-state index contributed by atoms with van der Waals surface area (Å²) in [4.78, 5) is 0. The molecule has 2 N–H and O–H groups in total. The standard InChI is InChI=1S/C13H19FN2O2S/c1-2-15-19(17,18)16-13-7-6-11(9-13)10-4-3-5-12(14)8-10/h3-5,8,11,13,15-16H,2,6-7,9H2,1H3. The molecule has 19 heavy (non-hydrogen) atoms. The first kappa shape index (κ1) is 14.4. The lowest BCUT2D eigenvalue weighted by atomic mass is 9.97. The number of rotatable bonds is 5. The van der Waals surface area contributed by atoms with E-state index in [1.165, 1.54) is 12.1 Å². The zero-order valence-electron chi connectivity index (χ0n) is 10.9. The minimum atomic E-state index is -3.40. The van der Waals surface area contributed by atoms with Gasteiger partial charge >= 0.3 is 0 Å². The Labute approximate surface area is 113 Å². The zero-order valence-corrected chi connectivity index (χ0v) is 11.7. The van der Waals surface area contributed by atoms with Crippen molar-refractivity contribution in [1.29, 1.82) is 0 Å². The lowest BCUT2D eigenvalue weighted by Crippen LogP contribution is -2.41. The molecule has 0 aromatic heterocycles. The highest BCUT2D eigenvalue weighted by atomic mass is 32.2. The topological polar surface area (TPSA) is 58.2 Å². The molecule has 1 saturated carbocycles. The van der Waals surface area contributed by atoms with Gasteiger partial charge in [-0.25, -0.2) is 9.11 Å². The lowest BCUT2D eigenvalue weighted by Gasteiger charge is -2.14. The van der Waals surface area contributed by atoms with Crippen LogP contribution < -0.4 is 9.44 Å². The van der Waals surface area contributed by atoms with Gasteiger partial charge in [0.1, 0.15) is 5.82 Å². The van der Waals surface area contributed by atoms with E-state index in [0.717, 1.165) is 18.4 Å². The minimum Gasteiger partial charge on any atom is -0.207 e. The highest BCUT2D eigenvalue weighted by Gasteiger charge is 2.28. The van der Waals surface area contributed by atoms with Crippen LogP contribution in [0.4, 0.5) is 4.39 Å². The van der Waals surface area contributed by atoms with Crippen LogP contribution in [0.1, 0.15) is 37.7 Å². The van der Waals surface area contributed by atoms with Crippen LogP contribution in [0.2, 0.25) is 0 Å². The molecule has 2 atom stereocenters. The van der Waals surface area contributed by atoms with E-state index >= 15 is 0 Å². The number of hydrogen-bond acceptors (Lipinski definition) is 2. The minimum absolute atomic E-state index is 0.0719. The molecule has 106 valence electrons. The average Bonchev–Trinajstić information content (AvgIpc) is 2.76. The predicted molar refractivity (Wildman–Crippen MR) is 72.5 cm³/mol. The molecule has 2 unspecified atom stereocenters. The summed E-state index contributed by atoms with van der Waals surface area (Å²) in [6.45, 7) is 2.11. The van der Waals surface area contributed by atoms with E-state index in [9.17, 15) is 12.8 Å². The molecule has 1 aromatic rings. The van der Waals surface area contributed by atoms with Crippen molar-refractivity contribution in [2.45, 2.75) is 38.1 Å². The number of halogens is 1. The molecule has 6 heteroatoms. The number of nitrogens with one attached hydrogen (secondary N) is 2. The molecule has 0 amide bonds. The van der Waals surface area contributed by atoms with Crippen LogP contribution in [0.15, 0.2) is 24.3 Å². The largest absolute Gasteiger partial charge is 0.277 e. The molecule has 0 spiro atoms. The smallest absolute Gasteiger partial charge is 0.207 e. The van der Waals surface area contributed by atoms with Crippen molar-refractivity contribution in [3.8, 4) is 0 Å². The normalized spacial score (nSPS) is 23.7. The van der Waals surface area contributed by atoms with Gasteiger partial charge in [-0.2, -0.15) is 13.1 Å². The van der Waals surface area contributed by atoms with Crippen LogP contribution in [0, 0.1) is 5.82 Å². The highest BCUT2D eigenvalue weighted by molar-refractivity contribution is 7.87.